The Balaban J connectivity index is 4.60. The fourth-order valence-electron chi connectivity index (χ4n) is 6.69. The van der Waals surface area contributed by atoms with Gasteiger partial charge >= 0.3 is 17.9 Å². The normalized spacial score (nSPS) is 13.7. The molecule has 0 rings (SSSR count). The van der Waals surface area contributed by atoms with Crippen LogP contribution >= 0.6 is 0 Å². The van der Waals surface area contributed by atoms with Crippen LogP contribution in [0.4, 0.5) is 0 Å². The smallest absolute Gasteiger partial charge is 0.310 e. The van der Waals surface area contributed by atoms with Gasteiger partial charge in [0.15, 0.2) is 6.10 Å². The van der Waals surface area contributed by atoms with Crippen molar-refractivity contribution in [2.75, 3.05) is 13.2 Å². The highest BCUT2D eigenvalue weighted by atomic mass is 16.6. The van der Waals surface area contributed by atoms with Crippen LogP contribution in [-0.4, -0.2) is 37.2 Å². The van der Waals surface area contributed by atoms with Crippen molar-refractivity contribution >= 4 is 17.9 Å². The molecule has 0 aromatic carbocycles. The highest BCUT2D eigenvalue weighted by Crippen LogP contribution is 2.10. The van der Waals surface area contributed by atoms with Crippen LogP contribution in [0.15, 0.2) is 207 Å². The Bertz CT molecular complexity index is 1900. The molecule has 0 aromatic rings. The SMILES string of the molecule is CC/C=C\C/C=C\C/C=C\C/C=C\C/C=C\C/C=C\C/C=C\CCCCCCCC(=O)OCC(COC(=O)C/C=C\C/C=C\C/C=C\C/C=C\C/C=C\CC)OC(=O)C/C=C\C/C=C\C/C=C\C/C=C\C/C=C\CC. The zero-order valence-electron chi connectivity index (χ0n) is 47.0. The first-order valence-electron chi connectivity index (χ1n) is 28.6. The molecule has 75 heavy (non-hydrogen) atoms. The Kier molecular flexibility index (Phi) is 55.7. The maximum atomic E-state index is 12.8. The van der Waals surface area contributed by atoms with Gasteiger partial charge in [-0.3, -0.25) is 14.4 Å². The van der Waals surface area contributed by atoms with E-state index in [4.69, 9.17) is 14.2 Å². The predicted octanol–water partition coefficient (Wildman–Crippen LogP) is 19.6. The summed E-state index contributed by atoms with van der Waals surface area (Å²) in [6, 6.07) is 0. The number of esters is 3. The van der Waals surface area contributed by atoms with E-state index >= 15 is 0 Å². The van der Waals surface area contributed by atoms with Crippen LogP contribution in [0.25, 0.3) is 0 Å². The zero-order valence-corrected chi connectivity index (χ0v) is 47.0. The average Bonchev–Trinajstić information content (AvgIpc) is 3.41. The summed E-state index contributed by atoms with van der Waals surface area (Å²) in [4.78, 5) is 38.0. The molecular weight excluding hydrogens is 925 g/mol. The summed E-state index contributed by atoms with van der Waals surface area (Å²) in [5, 5.41) is 0. The minimum Gasteiger partial charge on any atom is -0.462 e. The predicted molar refractivity (Wildman–Crippen MR) is 324 cm³/mol. The van der Waals surface area contributed by atoms with Gasteiger partial charge in [-0.1, -0.05) is 247 Å². The van der Waals surface area contributed by atoms with Gasteiger partial charge in [-0.15, -0.1) is 0 Å². The number of unbranched alkanes of at least 4 members (excludes halogenated alkanes) is 5. The van der Waals surface area contributed by atoms with Crippen LogP contribution < -0.4 is 0 Å². The molecule has 6 heteroatoms. The molecule has 0 heterocycles. The number of carbonyl (C=O) groups excluding carboxylic acids is 3. The number of hydrogen-bond acceptors (Lipinski definition) is 6. The summed E-state index contributed by atoms with van der Waals surface area (Å²) in [5.74, 6) is -1.27. The largest absolute Gasteiger partial charge is 0.462 e. The lowest BCUT2D eigenvalue weighted by Crippen LogP contribution is -2.30. The molecule has 0 bridgehead atoms. The maximum Gasteiger partial charge on any atom is 0.310 e. The van der Waals surface area contributed by atoms with Crippen molar-refractivity contribution in [2.45, 2.75) is 194 Å². The van der Waals surface area contributed by atoms with Gasteiger partial charge in [0, 0.05) is 6.42 Å². The fraction of sp³-hybridized carbons (Fsp3) is 0.464. The lowest BCUT2D eigenvalue weighted by atomic mass is 10.1. The van der Waals surface area contributed by atoms with E-state index in [9.17, 15) is 14.4 Å². The summed E-state index contributed by atoms with van der Waals surface area (Å²) >= 11 is 0. The molecule has 412 valence electrons. The molecule has 1 atom stereocenters. The number of allylic oxidation sites excluding steroid dienone is 32. The average molecular weight is 1030 g/mol. The first kappa shape index (κ1) is 69.0. The van der Waals surface area contributed by atoms with Crippen molar-refractivity contribution in [3.63, 3.8) is 0 Å². The third-order valence-corrected chi connectivity index (χ3v) is 10.8. The van der Waals surface area contributed by atoms with Crippen LogP contribution in [0.1, 0.15) is 188 Å². The quantitative estimate of drug-likeness (QED) is 0.0261. The molecular formula is C69H100O6. The third kappa shape index (κ3) is 58.7. The van der Waals surface area contributed by atoms with Gasteiger partial charge in [-0.25, -0.2) is 0 Å². The minimum absolute atomic E-state index is 0.0607. The summed E-state index contributed by atoms with van der Waals surface area (Å²) < 4.78 is 16.6. The highest BCUT2D eigenvalue weighted by molar-refractivity contribution is 5.72. The van der Waals surface area contributed by atoms with Crippen LogP contribution in [0.5, 0.6) is 0 Å². The van der Waals surface area contributed by atoms with Crippen LogP contribution in [-0.2, 0) is 28.6 Å². The molecule has 1 unspecified atom stereocenters. The number of hydrogen-bond donors (Lipinski definition) is 0. The lowest BCUT2D eigenvalue weighted by molar-refractivity contribution is -0.166. The molecule has 0 saturated carbocycles. The fourth-order valence-corrected chi connectivity index (χ4v) is 6.69. The Morgan fingerprint density at radius 1 is 0.280 bits per heavy atom. The van der Waals surface area contributed by atoms with Gasteiger partial charge in [-0.2, -0.15) is 0 Å². The third-order valence-electron chi connectivity index (χ3n) is 10.8. The van der Waals surface area contributed by atoms with Crippen LogP contribution in [0.2, 0.25) is 0 Å². The summed E-state index contributed by atoms with van der Waals surface area (Å²) in [6.45, 7) is 6.07. The van der Waals surface area contributed by atoms with Crippen LogP contribution in [0, 0.1) is 0 Å². The van der Waals surface area contributed by atoms with Gasteiger partial charge in [0.05, 0.1) is 12.8 Å². The van der Waals surface area contributed by atoms with Gasteiger partial charge in [0.25, 0.3) is 0 Å². The molecule has 0 aliphatic carbocycles. The van der Waals surface area contributed by atoms with Gasteiger partial charge in [0.1, 0.15) is 13.2 Å². The first-order valence-corrected chi connectivity index (χ1v) is 28.6. The number of carbonyl (C=O) groups is 3. The summed E-state index contributed by atoms with van der Waals surface area (Å²) in [6.07, 6.45) is 94.4. The van der Waals surface area contributed by atoms with Crippen molar-refractivity contribution in [3.8, 4) is 0 Å². The molecule has 0 aliphatic heterocycles. The molecule has 0 spiro atoms. The van der Waals surface area contributed by atoms with E-state index in [1.165, 1.54) is 0 Å². The molecule has 0 fully saturated rings. The van der Waals surface area contributed by atoms with E-state index in [0.717, 1.165) is 135 Å². The topological polar surface area (TPSA) is 78.9 Å². The number of rotatable bonds is 48. The standard InChI is InChI=1S/C69H100O6/c1-4-7-10-13-16-19-22-25-28-29-30-31-32-33-34-35-36-37-38-39-42-44-47-50-53-56-59-62-68(71)74-65-66(75-69(72)63-60-57-54-51-48-45-41-27-24-21-18-15-12-9-6-3)64-73-67(70)61-58-55-52-49-46-43-40-26-23-20-17-14-11-8-5-2/h7-12,16-21,25-28,30-31,33-34,36-37,39-42,46,48-49,51,55,57-58,60,66H,4-6,13-15,22-24,29,32,35,38,43-45,47,50,52-54,56,59,61-65H2,1-3H3/b10-7-,11-8-,12-9-,19-16-,20-17-,21-18-,28-25-,31-30-,34-33-,37-36-,40-26-,41-27-,42-39-,49-46-,51-48-,58-55-,60-57-. The van der Waals surface area contributed by atoms with E-state index in [0.29, 0.717) is 12.8 Å². The zero-order chi connectivity index (χ0) is 54.3. The number of ether oxygens (including phenoxy) is 3. The lowest BCUT2D eigenvalue weighted by Gasteiger charge is -2.17. The molecule has 0 amide bonds. The van der Waals surface area contributed by atoms with Gasteiger partial charge < -0.3 is 14.2 Å². The van der Waals surface area contributed by atoms with E-state index in [1.807, 2.05) is 12.2 Å². The second kappa shape index (κ2) is 60.5. The van der Waals surface area contributed by atoms with Crippen molar-refractivity contribution in [1.82, 2.24) is 0 Å². The molecule has 0 saturated heterocycles. The van der Waals surface area contributed by atoms with E-state index in [-0.39, 0.29) is 38.4 Å². The molecule has 0 aliphatic rings. The molecule has 6 nitrogen and oxygen atoms in total. The Labute approximate surface area is 458 Å². The Morgan fingerprint density at radius 3 is 0.867 bits per heavy atom. The van der Waals surface area contributed by atoms with Crippen LogP contribution in [0.3, 0.4) is 0 Å². The summed E-state index contributed by atoms with van der Waals surface area (Å²) in [7, 11) is 0. The van der Waals surface area contributed by atoms with Crippen molar-refractivity contribution in [3.05, 3.63) is 207 Å². The molecule has 0 N–H and O–H groups in total. The Hall–Kier alpha value is -6.01. The van der Waals surface area contributed by atoms with Gasteiger partial charge in [0.2, 0.25) is 0 Å². The van der Waals surface area contributed by atoms with E-state index < -0.39 is 18.0 Å². The summed E-state index contributed by atoms with van der Waals surface area (Å²) in [5.41, 5.74) is 0. The minimum atomic E-state index is -0.895. The molecule has 0 radical (unpaired) electrons. The monoisotopic (exact) mass is 1020 g/mol. The van der Waals surface area contributed by atoms with E-state index in [1.54, 1.807) is 12.2 Å². The van der Waals surface area contributed by atoms with Crippen molar-refractivity contribution < 1.29 is 28.6 Å². The highest BCUT2D eigenvalue weighted by Gasteiger charge is 2.19. The maximum absolute atomic E-state index is 12.8. The first-order chi connectivity index (χ1) is 37.0. The Morgan fingerprint density at radius 2 is 0.533 bits per heavy atom. The van der Waals surface area contributed by atoms with Crippen molar-refractivity contribution in [2.24, 2.45) is 0 Å². The second-order valence-electron chi connectivity index (χ2n) is 17.7. The van der Waals surface area contributed by atoms with Gasteiger partial charge in [-0.05, 0) is 128 Å². The van der Waals surface area contributed by atoms with Crippen molar-refractivity contribution in [1.29, 1.82) is 0 Å². The second-order valence-corrected chi connectivity index (χ2v) is 17.7. The molecule has 0 aromatic heterocycles. The van der Waals surface area contributed by atoms with E-state index in [2.05, 4.69) is 203 Å².